The Morgan fingerprint density at radius 3 is 2.46 bits per heavy atom. The Bertz CT molecular complexity index is 1320. The van der Waals surface area contributed by atoms with E-state index in [4.69, 9.17) is 19.4 Å². The normalized spacial score (nSPS) is 34.3. The van der Waals surface area contributed by atoms with Gasteiger partial charge in [0.25, 0.3) is 0 Å². The molecule has 2 bridgehead atoms. The van der Waals surface area contributed by atoms with Gasteiger partial charge in [-0.15, -0.1) is 0 Å². The number of aldehydes is 1. The number of aryl methyl sites for hydroxylation is 1. The molecule has 9 nitrogen and oxygen atoms in total. The molecule has 2 saturated carbocycles. The fourth-order valence-corrected chi connectivity index (χ4v) is 7.29. The molecular weight excluding hydrogens is 520 g/mol. The summed E-state index contributed by atoms with van der Waals surface area (Å²) in [5, 5.41) is 2.90. The highest BCUT2D eigenvalue weighted by molar-refractivity contribution is 5.89. The Morgan fingerprint density at radius 2 is 1.73 bits per heavy atom. The van der Waals surface area contributed by atoms with E-state index in [1.54, 1.807) is 4.90 Å². The van der Waals surface area contributed by atoms with Crippen LogP contribution >= 0.6 is 0 Å². The minimum atomic E-state index is -0.854. The molecule has 4 aliphatic rings. The molecule has 2 aliphatic carbocycles. The predicted molar refractivity (Wildman–Crippen MR) is 153 cm³/mol. The minimum Gasteiger partial charge on any atom is -0.471 e. The third-order valence-corrected chi connectivity index (χ3v) is 9.78. The number of ether oxygens (including phenoxy) is 2. The third kappa shape index (κ3) is 5.52. The van der Waals surface area contributed by atoms with Crippen molar-refractivity contribution in [1.29, 1.82) is 0 Å². The Hall–Kier alpha value is -3.23. The second kappa shape index (κ2) is 10.9. The second-order valence-electron chi connectivity index (χ2n) is 13.6. The maximum atomic E-state index is 14.0. The van der Waals surface area contributed by atoms with Gasteiger partial charge in [0.05, 0.1) is 23.6 Å². The molecule has 1 aromatic carbocycles. The topological polar surface area (TPSA) is 111 Å². The number of nitrogens with zero attached hydrogens (tertiary/aromatic N) is 3. The van der Waals surface area contributed by atoms with Crippen molar-refractivity contribution in [3.05, 3.63) is 30.0 Å². The number of amides is 2. The molecule has 220 valence electrons. The van der Waals surface area contributed by atoms with Crippen molar-refractivity contribution >= 4 is 29.3 Å². The van der Waals surface area contributed by atoms with Gasteiger partial charge in [0.15, 0.2) is 0 Å². The predicted octanol–water partition coefficient (Wildman–Crippen LogP) is 4.71. The van der Waals surface area contributed by atoms with Crippen LogP contribution in [0, 0.1) is 29.1 Å². The van der Waals surface area contributed by atoms with Crippen LogP contribution < -0.4 is 10.1 Å². The van der Waals surface area contributed by atoms with Crippen molar-refractivity contribution in [3.8, 4) is 5.88 Å². The summed E-state index contributed by atoms with van der Waals surface area (Å²) in [6.45, 7) is 7.88. The number of rotatable bonds is 1. The van der Waals surface area contributed by atoms with Crippen LogP contribution in [-0.4, -0.2) is 64.0 Å². The fraction of sp³-hybridized carbons (Fsp3) is 0.656. The molecule has 2 amide bonds. The number of hydrogen-bond donors (Lipinski definition) is 1. The van der Waals surface area contributed by atoms with Crippen LogP contribution in [0.15, 0.2) is 24.3 Å². The summed E-state index contributed by atoms with van der Waals surface area (Å²) < 4.78 is 12.5. The maximum Gasteiger partial charge on any atom is 0.408 e. The average molecular weight is 563 g/mol. The number of fused-ring (bicyclic) bond motifs is 7. The Labute approximate surface area is 241 Å². The number of nitrogens with one attached hydrogen (secondary N) is 1. The quantitative estimate of drug-likeness (QED) is 0.502. The lowest BCUT2D eigenvalue weighted by Crippen LogP contribution is -2.56. The van der Waals surface area contributed by atoms with E-state index in [2.05, 4.69) is 5.32 Å². The van der Waals surface area contributed by atoms with Crippen LogP contribution in [0.1, 0.15) is 71.9 Å². The largest absolute Gasteiger partial charge is 0.471 e. The number of carbonyl (C=O) groups is 3. The number of hydrogen-bond acceptors (Lipinski definition) is 7. The Kier molecular flexibility index (Phi) is 7.41. The number of carbonyl (C=O) groups excluding carboxylic acids is 3. The minimum absolute atomic E-state index is 0.112. The molecule has 2 aromatic rings. The molecule has 2 aliphatic heterocycles. The van der Waals surface area contributed by atoms with Gasteiger partial charge in [-0.2, -0.15) is 0 Å². The lowest BCUT2D eigenvalue weighted by atomic mass is 9.85. The van der Waals surface area contributed by atoms with Gasteiger partial charge in [0.2, 0.25) is 11.8 Å². The van der Waals surface area contributed by atoms with E-state index in [1.165, 1.54) is 6.42 Å². The summed E-state index contributed by atoms with van der Waals surface area (Å²) >= 11 is 0. The third-order valence-electron chi connectivity index (χ3n) is 9.78. The van der Waals surface area contributed by atoms with Crippen molar-refractivity contribution in [2.45, 2.75) is 96.9 Å². The second-order valence-corrected chi connectivity index (χ2v) is 13.6. The summed E-state index contributed by atoms with van der Waals surface area (Å²) in [6, 6.07) is 6.23. The highest BCUT2D eigenvalue weighted by Gasteiger charge is 2.54. The summed E-state index contributed by atoms with van der Waals surface area (Å²) in [5.41, 5.74) is 1.80. The van der Waals surface area contributed by atoms with Crippen LogP contribution in [0.2, 0.25) is 0 Å². The molecule has 1 aromatic heterocycles. The maximum absolute atomic E-state index is 14.0. The van der Waals surface area contributed by atoms with E-state index in [0.717, 1.165) is 61.5 Å². The Morgan fingerprint density at radius 1 is 0.976 bits per heavy atom. The van der Waals surface area contributed by atoms with Gasteiger partial charge in [0.1, 0.15) is 30.2 Å². The fourth-order valence-electron chi connectivity index (χ4n) is 7.29. The number of aromatic nitrogens is 2. The monoisotopic (exact) mass is 562 g/mol. The van der Waals surface area contributed by atoms with Crippen LogP contribution in [-0.2, 0) is 20.7 Å². The van der Waals surface area contributed by atoms with E-state index in [9.17, 15) is 14.4 Å². The summed E-state index contributed by atoms with van der Waals surface area (Å²) in [6.07, 6.45) is 6.66. The first-order valence-electron chi connectivity index (χ1n) is 15.3. The first kappa shape index (κ1) is 27.9. The standard InChI is InChI=1S/C32H42N4O5/c1-18-25(17-37)36-16-27(18)40-29-24(33-22-11-8-9-12-23(22)34-29)13-7-5-6-10-20-21-14-19(21)15-26(20)41-31(39)35-28(30(36)38)32(2,3)4/h8-9,11-12,17-21,25-28H,5-7,10,13-16H2,1-4H3,(H,35,39)/t18-,19?,20+,21?,25+,26+,27-,28+/m0/s1. The molecule has 8 atom stereocenters. The number of para-hydroxylation sites is 2. The van der Waals surface area contributed by atoms with E-state index < -0.39 is 29.7 Å². The zero-order chi connectivity index (χ0) is 28.9. The van der Waals surface area contributed by atoms with Crippen LogP contribution in [0.4, 0.5) is 4.79 Å². The van der Waals surface area contributed by atoms with Crippen molar-refractivity contribution in [1.82, 2.24) is 20.2 Å². The van der Waals surface area contributed by atoms with Gasteiger partial charge < -0.3 is 24.5 Å². The molecule has 1 saturated heterocycles. The lowest BCUT2D eigenvalue weighted by molar-refractivity contribution is -0.139. The first-order chi connectivity index (χ1) is 19.6. The van der Waals surface area contributed by atoms with Crippen LogP contribution in [0.5, 0.6) is 5.88 Å². The van der Waals surface area contributed by atoms with E-state index in [0.29, 0.717) is 23.6 Å². The molecule has 2 unspecified atom stereocenters. The van der Waals surface area contributed by atoms with Gasteiger partial charge >= 0.3 is 6.09 Å². The highest BCUT2D eigenvalue weighted by Crippen LogP contribution is 2.57. The first-order valence-corrected chi connectivity index (χ1v) is 15.3. The molecule has 9 heteroatoms. The molecule has 6 rings (SSSR count). The van der Waals surface area contributed by atoms with Crippen molar-refractivity contribution in [2.24, 2.45) is 29.1 Å². The molecule has 41 heavy (non-hydrogen) atoms. The van der Waals surface area contributed by atoms with E-state index >= 15 is 0 Å². The zero-order valence-electron chi connectivity index (χ0n) is 24.5. The highest BCUT2D eigenvalue weighted by atomic mass is 16.6. The molecule has 0 spiro atoms. The van der Waals surface area contributed by atoms with Gasteiger partial charge in [-0.05, 0) is 67.4 Å². The van der Waals surface area contributed by atoms with Gasteiger partial charge in [-0.25, -0.2) is 14.8 Å². The average Bonchev–Trinajstić information content (AvgIpc) is 3.51. The zero-order valence-corrected chi connectivity index (χ0v) is 24.5. The molecule has 3 fully saturated rings. The molecule has 3 heterocycles. The van der Waals surface area contributed by atoms with Gasteiger partial charge in [0, 0.05) is 5.92 Å². The summed E-state index contributed by atoms with van der Waals surface area (Å²) in [4.78, 5) is 50.9. The van der Waals surface area contributed by atoms with Crippen LogP contribution in [0.25, 0.3) is 11.0 Å². The van der Waals surface area contributed by atoms with Gasteiger partial charge in [-0.3, -0.25) is 4.79 Å². The van der Waals surface area contributed by atoms with Crippen molar-refractivity contribution in [3.63, 3.8) is 0 Å². The summed E-state index contributed by atoms with van der Waals surface area (Å²) in [7, 11) is 0. The summed E-state index contributed by atoms with van der Waals surface area (Å²) in [5.74, 6) is 1.57. The van der Waals surface area contributed by atoms with Crippen molar-refractivity contribution in [2.75, 3.05) is 6.54 Å². The number of benzene rings is 1. The molecule has 1 N–H and O–H groups in total. The smallest absolute Gasteiger partial charge is 0.408 e. The number of alkyl carbamates (subject to hydrolysis) is 1. The van der Waals surface area contributed by atoms with Gasteiger partial charge in [-0.1, -0.05) is 52.7 Å². The Balaban J connectivity index is 1.33. The molecular formula is C32H42N4O5. The van der Waals surface area contributed by atoms with Crippen LogP contribution in [0.3, 0.4) is 0 Å². The van der Waals surface area contributed by atoms with E-state index in [-0.39, 0.29) is 24.5 Å². The van der Waals surface area contributed by atoms with Crippen molar-refractivity contribution < 1.29 is 23.9 Å². The SMILES string of the molecule is C[C@@H]1[C@@H]2CN(C(=O)[C@H](C(C)(C)C)NC(=O)O[C@@H]3CC4CC4[C@H]3CCCCCc3nc4ccccc4nc3O2)[C@@H]1C=O. The molecule has 0 radical (unpaired) electrons. The lowest BCUT2D eigenvalue weighted by Gasteiger charge is -2.35. The van der Waals surface area contributed by atoms with E-state index in [1.807, 2.05) is 52.0 Å².